The van der Waals surface area contributed by atoms with E-state index < -0.39 is 5.97 Å². The van der Waals surface area contributed by atoms with E-state index in [4.69, 9.17) is 23.4 Å². The molecular weight excluding hydrogens is 364 g/mol. The number of ether oxygens (including phenoxy) is 4. The van der Waals surface area contributed by atoms with Gasteiger partial charge < -0.3 is 23.4 Å². The first kappa shape index (κ1) is 18.2. The molecule has 2 aromatic rings. The summed E-state index contributed by atoms with van der Waals surface area (Å²) >= 11 is 0. The lowest BCUT2D eigenvalue weighted by atomic mass is 9.80. The fourth-order valence-corrected chi connectivity index (χ4v) is 3.49. The zero-order valence-electron chi connectivity index (χ0n) is 15.3. The second-order valence-corrected chi connectivity index (χ2v) is 6.72. The number of furan rings is 1. The van der Waals surface area contributed by atoms with Crippen molar-refractivity contribution in [2.24, 2.45) is 5.92 Å². The van der Waals surface area contributed by atoms with Crippen LogP contribution in [0.15, 0.2) is 59.1 Å². The predicted octanol–water partition coefficient (Wildman–Crippen LogP) is 3.50. The molecule has 0 saturated heterocycles. The van der Waals surface area contributed by atoms with Crippen molar-refractivity contribution in [3.8, 4) is 11.5 Å². The minimum Gasteiger partial charge on any atom is -0.497 e. The molecular formula is C21H20O7. The summed E-state index contributed by atoms with van der Waals surface area (Å²) in [4.78, 5) is 24.8. The van der Waals surface area contributed by atoms with Crippen LogP contribution in [0.25, 0.3) is 0 Å². The summed E-state index contributed by atoms with van der Waals surface area (Å²) in [5, 5.41) is 0. The molecule has 1 aromatic carbocycles. The lowest BCUT2D eigenvalue weighted by Crippen LogP contribution is -2.43. The predicted molar refractivity (Wildman–Crippen MR) is 96.8 cm³/mol. The second-order valence-electron chi connectivity index (χ2n) is 6.72. The molecule has 1 aliphatic carbocycles. The van der Waals surface area contributed by atoms with Crippen LogP contribution < -0.4 is 9.47 Å². The minimum atomic E-state index is -0.505. The SMILES string of the molecule is COc1ccc(OC2=COC3CC(OC(=O)c4ccco4)CCC3C2=O)cc1. The quantitative estimate of drug-likeness (QED) is 0.730. The van der Waals surface area contributed by atoms with Gasteiger partial charge in [-0.3, -0.25) is 4.79 Å². The molecule has 0 N–H and O–H groups in total. The number of allylic oxidation sites excluding steroid dienone is 1. The number of hydrogen-bond donors (Lipinski definition) is 0. The maximum Gasteiger partial charge on any atom is 0.374 e. The Kier molecular flexibility index (Phi) is 5.06. The molecule has 1 saturated carbocycles. The maximum absolute atomic E-state index is 12.8. The summed E-state index contributed by atoms with van der Waals surface area (Å²) in [6.45, 7) is 0. The largest absolute Gasteiger partial charge is 0.497 e. The van der Waals surface area contributed by atoms with Gasteiger partial charge in [0.05, 0.1) is 19.3 Å². The smallest absolute Gasteiger partial charge is 0.374 e. The van der Waals surface area contributed by atoms with Gasteiger partial charge in [-0.05, 0) is 49.2 Å². The van der Waals surface area contributed by atoms with E-state index in [0.717, 1.165) is 0 Å². The lowest BCUT2D eigenvalue weighted by Gasteiger charge is -2.36. The average molecular weight is 384 g/mol. The van der Waals surface area contributed by atoms with Gasteiger partial charge in [0.25, 0.3) is 0 Å². The van der Waals surface area contributed by atoms with E-state index >= 15 is 0 Å². The molecule has 0 amide bonds. The monoisotopic (exact) mass is 384 g/mol. The molecule has 4 rings (SSSR count). The molecule has 1 aliphatic heterocycles. The number of fused-ring (bicyclic) bond motifs is 1. The van der Waals surface area contributed by atoms with Crippen LogP contribution in [0.3, 0.4) is 0 Å². The van der Waals surface area contributed by atoms with Gasteiger partial charge in [-0.2, -0.15) is 0 Å². The van der Waals surface area contributed by atoms with E-state index in [-0.39, 0.29) is 35.4 Å². The van der Waals surface area contributed by atoms with Crippen molar-refractivity contribution in [2.75, 3.05) is 7.11 Å². The molecule has 3 unspecified atom stereocenters. The fourth-order valence-electron chi connectivity index (χ4n) is 3.49. The number of ketones is 1. The van der Waals surface area contributed by atoms with E-state index in [9.17, 15) is 9.59 Å². The Labute approximate surface area is 161 Å². The first-order chi connectivity index (χ1) is 13.6. The number of hydrogen-bond acceptors (Lipinski definition) is 7. The van der Waals surface area contributed by atoms with Crippen LogP contribution in [0.4, 0.5) is 0 Å². The molecule has 0 radical (unpaired) electrons. The van der Waals surface area contributed by atoms with E-state index in [1.54, 1.807) is 43.5 Å². The maximum atomic E-state index is 12.8. The van der Waals surface area contributed by atoms with Crippen molar-refractivity contribution < 1.29 is 33.0 Å². The summed E-state index contributed by atoms with van der Waals surface area (Å²) < 4.78 is 27.1. The van der Waals surface area contributed by atoms with Gasteiger partial charge in [0.1, 0.15) is 30.0 Å². The molecule has 7 nitrogen and oxygen atoms in total. The first-order valence-electron chi connectivity index (χ1n) is 9.10. The molecule has 28 heavy (non-hydrogen) atoms. The highest BCUT2D eigenvalue weighted by Gasteiger charge is 2.42. The van der Waals surface area contributed by atoms with Crippen LogP contribution in [-0.4, -0.2) is 31.1 Å². The Morgan fingerprint density at radius 1 is 1.11 bits per heavy atom. The summed E-state index contributed by atoms with van der Waals surface area (Å²) in [5.74, 6) is 0.670. The average Bonchev–Trinajstić information content (AvgIpc) is 3.26. The van der Waals surface area contributed by atoms with E-state index in [0.29, 0.717) is 30.8 Å². The summed E-state index contributed by atoms with van der Waals surface area (Å²) in [7, 11) is 1.58. The molecule has 3 atom stereocenters. The first-order valence-corrected chi connectivity index (χ1v) is 9.10. The Morgan fingerprint density at radius 2 is 1.89 bits per heavy atom. The number of methoxy groups -OCH3 is 1. The zero-order valence-corrected chi connectivity index (χ0v) is 15.3. The highest BCUT2D eigenvalue weighted by Crippen LogP contribution is 2.35. The molecule has 7 heteroatoms. The number of benzene rings is 1. The van der Waals surface area contributed by atoms with Crippen molar-refractivity contribution >= 4 is 11.8 Å². The summed E-state index contributed by atoms with van der Waals surface area (Å²) in [6.07, 6.45) is 3.72. The number of carbonyl (C=O) groups is 2. The van der Waals surface area contributed by atoms with E-state index in [1.807, 2.05) is 0 Å². The Morgan fingerprint density at radius 3 is 2.61 bits per heavy atom. The normalized spacial score (nSPS) is 23.8. The van der Waals surface area contributed by atoms with Gasteiger partial charge in [-0.15, -0.1) is 0 Å². The molecule has 2 aliphatic rings. The molecule has 146 valence electrons. The number of carbonyl (C=O) groups excluding carboxylic acids is 2. The fraction of sp³-hybridized carbons (Fsp3) is 0.333. The topological polar surface area (TPSA) is 84.2 Å². The van der Waals surface area contributed by atoms with Gasteiger partial charge in [0, 0.05) is 6.42 Å². The third kappa shape index (κ3) is 3.74. The number of Topliss-reactive ketones (excluding diaryl/α,β-unsaturated/α-hetero) is 1. The van der Waals surface area contributed by atoms with Crippen molar-refractivity contribution in [3.63, 3.8) is 0 Å². The minimum absolute atomic E-state index is 0.0946. The van der Waals surface area contributed by atoms with Crippen LogP contribution in [0, 0.1) is 5.92 Å². The van der Waals surface area contributed by atoms with Crippen LogP contribution in [0.1, 0.15) is 29.8 Å². The third-order valence-electron chi connectivity index (χ3n) is 4.96. The van der Waals surface area contributed by atoms with Crippen LogP contribution in [0.2, 0.25) is 0 Å². The van der Waals surface area contributed by atoms with Gasteiger partial charge in [-0.1, -0.05) is 0 Å². The van der Waals surface area contributed by atoms with Crippen molar-refractivity contribution in [3.05, 3.63) is 60.4 Å². The highest BCUT2D eigenvalue weighted by atomic mass is 16.6. The van der Waals surface area contributed by atoms with E-state index in [1.165, 1.54) is 12.5 Å². The molecule has 2 heterocycles. The molecule has 1 fully saturated rings. The Hall–Kier alpha value is -3.22. The molecule has 0 bridgehead atoms. The molecule has 1 aromatic heterocycles. The Bertz CT molecular complexity index is 867. The lowest BCUT2D eigenvalue weighted by molar-refractivity contribution is -0.132. The summed E-state index contributed by atoms with van der Waals surface area (Å²) in [5.41, 5.74) is 0. The van der Waals surface area contributed by atoms with Gasteiger partial charge in [-0.25, -0.2) is 4.79 Å². The van der Waals surface area contributed by atoms with E-state index in [2.05, 4.69) is 0 Å². The van der Waals surface area contributed by atoms with Crippen LogP contribution >= 0.6 is 0 Å². The number of rotatable bonds is 5. The third-order valence-corrected chi connectivity index (χ3v) is 4.96. The highest BCUT2D eigenvalue weighted by molar-refractivity contribution is 5.96. The standard InChI is InChI=1S/C21H20O7/c1-24-13-4-6-14(7-5-13)27-19-12-26-18-11-15(8-9-16(18)20(19)22)28-21(23)17-3-2-10-25-17/h2-7,10,12,15-16,18H,8-9,11H2,1H3. The van der Waals surface area contributed by atoms with Crippen molar-refractivity contribution in [1.29, 1.82) is 0 Å². The van der Waals surface area contributed by atoms with Crippen LogP contribution in [-0.2, 0) is 14.3 Å². The van der Waals surface area contributed by atoms with Gasteiger partial charge >= 0.3 is 5.97 Å². The van der Waals surface area contributed by atoms with Crippen LogP contribution in [0.5, 0.6) is 11.5 Å². The zero-order chi connectivity index (χ0) is 19.5. The Balaban J connectivity index is 1.37. The molecule has 0 spiro atoms. The van der Waals surface area contributed by atoms with Gasteiger partial charge in [0.2, 0.25) is 17.3 Å². The van der Waals surface area contributed by atoms with Gasteiger partial charge in [0.15, 0.2) is 0 Å². The second kappa shape index (κ2) is 7.80. The van der Waals surface area contributed by atoms with Crippen molar-refractivity contribution in [2.45, 2.75) is 31.5 Å². The van der Waals surface area contributed by atoms with Crippen molar-refractivity contribution in [1.82, 2.24) is 0 Å². The number of esters is 1. The summed E-state index contributed by atoms with van der Waals surface area (Å²) in [6, 6.07) is 10.1.